The number of aromatic nitrogens is 2. The minimum Gasteiger partial charge on any atom is -0.355 e. The maximum Gasteiger partial charge on any atom is 0.0718 e. The number of anilines is 2. The summed E-state index contributed by atoms with van der Waals surface area (Å²) < 4.78 is 2.42. The molecule has 2 unspecified atom stereocenters. The summed E-state index contributed by atoms with van der Waals surface area (Å²) in [6.07, 6.45) is 4.80. The van der Waals surface area contributed by atoms with Crippen LogP contribution in [0.2, 0.25) is 0 Å². The van der Waals surface area contributed by atoms with Gasteiger partial charge < -0.3 is 14.5 Å². The van der Waals surface area contributed by atoms with Gasteiger partial charge in [0.25, 0.3) is 0 Å². The van der Waals surface area contributed by atoms with E-state index in [1.165, 1.54) is 88.5 Å². The Bertz CT molecular complexity index is 2800. The molecule has 1 N–H and O–H groups in total. The van der Waals surface area contributed by atoms with Crippen molar-refractivity contribution in [2.24, 2.45) is 0 Å². The predicted molar refractivity (Wildman–Crippen MR) is 210 cm³/mol. The van der Waals surface area contributed by atoms with Crippen LogP contribution in [0, 0.1) is 0 Å². The SMILES string of the molecule is CC12C=Cc3cc(-n4c5ccccc5c5ccccc54)ccc3C1c1cc(-c3ccc4[nH]c5ccccc5c4c3)ccc1N2c1ccccc1. The number of fused-ring (bicyclic) bond motifs is 11. The minimum absolute atomic E-state index is 0.154. The number of nitrogens with zero attached hydrogens (tertiary/aromatic N) is 2. The minimum atomic E-state index is -0.273. The first kappa shape index (κ1) is 27.6. The van der Waals surface area contributed by atoms with E-state index in [1.807, 2.05) is 0 Å². The molecule has 0 radical (unpaired) electrons. The highest BCUT2D eigenvalue weighted by Crippen LogP contribution is 2.58. The number of rotatable bonds is 3. The fourth-order valence-electron chi connectivity index (χ4n) is 9.12. The lowest BCUT2D eigenvalue weighted by atomic mass is 9.73. The van der Waals surface area contributed by atoms with Crippen molar-refractivity contribution >= 4 is 61.1 Å². The lowest BCUT2D eigenvalue weighted by Crippen LogP contribution is -2.43. The van der Waals surface area contributed by atoms with E-state index in [2.05, 4.69) is 191 Å². The van der Waals surface area contributed by atoms with Gasteiger partial charge in [0, 0.05) is 55.6 Å². The van der Waals surface area contributed by atoms with Crippen LogP contribution in [0.4, 0.5) is 11.4 Å². The van der Waals surface area contributed by atoms with Gasteiger partial charge in [-0.25, -0.2) is 0 Å². The normalized spacial score (nSPS) is 17.9. The molecule has 2 atom stereocenters. The molecule has 0 bridgehead atoms. The average Bonchev–Trinajstić information content (AvgIpc) is 3.80. The zero-order chi connectivity index (χ0) is 33.0. The van der Waals surface area contributed by atoms with E-state index in [4.69, 9.17) is 0 Å². The molecule has 0 saturated carbocycles. The third-order valence-electron chi connectivity index (χ3n) is 11.3. The standard InChI is InChI=1S/C47H33N3/c1-47-26-25-32-27-34(49-43-17-9-6-14-37(43)38-15-7-10-18-44(38)49)21-22-35(32)46(47)40-29-31(20-24-45(40)50(47)33-11-3-2-4-12-33)30-19-23-42-39(28-30)36-13-5-8-16-41(36)48-42/h2-29,46,48H,1H3. The quantitative estimate of drug-likeness (QED) is 0.204. The third kappa shape index (κ3) is 3.75. The van der Waals surface area contributed by atoms with Crippen LogP contribution < -0.4 is 4.90 Å². The van der Waals surface area contributed by atoms with E-state index in [1.54, 1.807) is 0 Å². The van der Waals surface area contributed by atoms with E-state index in [-0.39, 0.29) is 11.5 Å². The van der Waals surface area contributed by atoms with Gasteiger partial charge in [-0.15, -0.1) is 0 Å². The van der Waals surface area contributed by atoms with E-state index >= 15 is 0 Å². The van der Waals surface area contributed by atoms with Gasteiger partial charge in [-0.1, -0.05) is 103 Å². The molecule has 0 saturated heterocycles. The zero-order valence-corrected chi connectivity index (χ0v) is 27.6. The molecule has 0 amide bonds. The van der Waals surface area contributed by atoms with Crippen LogP contribution in [0.3, 0.4) is 0 Å². The summed E-state index contributed by atoms with van der Waals surface area (Å²) in [6, 6.07) is 58.0. The molecule has 0 fully saturated rings. The Labute approximate surface area is 290 Å². The largest absolute Gasteiger partial charge is 0.355 e. The van der Waals surface area contributed by atoms with Gasteiger partial charge in [-0.3, -0.25) is 0 Å². The summed E-state index contributed by atoms with van der Waals surface area (Å²) in [6.45, 7) is 2.41. The summed E-state index contributed by atoms with van der Waals surface area (Å²) in [7, 11) is 0. The lowest BCUT2D eigenvalue weighted by Gasteiger charge is -2.41. The summed E-state index contributed by atoms with van der Waals surface area (Å²) in [5.41, 5.74) is 14.7. The zero-order valence-electron chi connectivity index (χ0n) is 27.6. The third-order valence-corrected chi connectivity index (χ3v) is 11.3. The molecule has 7 aromatic carbocycles. The van der Waals surface area contributed by atoms with Crippen LogP contribution in [0.5, 0.6) is 0 Å². The van der Waals surface area contributed by atoms with Crippen molar-refractivity contribution in [3.63, 3.8) is 0 Å². The molecule has 11 rings (SSSR count). The van der Waals surface area contributed by atoms with Crippen molar-refractivity contribution in [1.29, 1.82) is 0 Å². The number of benzene rings is 7. The average molecular weight is 640 g/mol. The van der Waals surface area contributed by atoms with Crippen molar-refractivity contribution in [2.45, 2.75) is 18.4 Å². The maximum atomic E-state index is 3.59. The van der Waals surface area contributed by atoms with Gasteiger partial charge in [0.15, 0.2) is 0 Å². The van der Waals surface area contributed by atoms with Crippen molar-refractivity contribution in [2.75, 3.05) is 4.90 Å². The van der Waals surface area contributed by atoms with Crippen LogP contribution in [0.15, 0.2) is 164 Å². The van der Waals surface area contributed by atoms with Gasteiger partial charge in [-0.05, 0) is 101 Å². The Morgan fingerprint density at radius 3 is 1.98 bits per heavy atom. The number of hydrogen-bond acceptors (Lipinski definition) is 1. The van der Waals surface area contributed by atoms with Gasteiger partial charge in [0.1, 0.15) is 0 Å². The molecule has 50 heavy (non-hydrogen) atoms. The number of para-hydroxylation sites is 4. The Hall–Kier alpha value is -6.32. The molecular formula is C47H33N3. The molecule has 3 heterocycles. The van der Waals surface area contributed by atoms with Crippen LogP contribution in [0.25, 0.3) is 66.5 Å². The molecule has 2 aliphatic rings. The van der Waals surface area contributed by atoms with E-state index in [0.717, 1.165) is 0 Å². The Kier molecular flexibility index (Phi) is 5.58. The molecule has 3 heteroatoms. The van der Waals surface area contributed by atoms with Gasteiger partial charge in [0.2, 0.25) is 0 Å². The number of nitrogens with one attached hydrogen (secondary N) is 1. The fraction of sp³-hybridized carbons (Fsp3) is 0.0638. The highest BCUT2D eigenvalue weighted by Gasteiger charge is 2.50. The van der Waals surface area contributed by atoms with E-state index < -0.39 is 0 Å². The second-order valence-corrected chi connectivity index (χ2v) is 14.1. The van der Waals surface area contributed by atoms with Gasteiger partial charge in [-0.2, -0.15) is 0 Å². The topological polar surface area (TPSA) is 24.0 Å². The van der Waals surface area contributed by atoms with Crippen molar-refractivity contribution < 1.29 is 0 Å². The molecule has 1 aliphatic carbocycles. The summed E-state index contributed by atoms with van der Waals surface area (Å²) >= 11 is 0. The first-order valence-electron chi connectivity index (χ1n) is 17.5. The van der Waals surface area contributed by atoms with Gasteiger partial charge >= 0.3 is 0 Å². The number of hydrogen-bond donors (Lipinski definition) is 1. The maximum absolute atomic E-state index is 3.59. The van der Waals surface area contributed by atoms with Crippen LogP contribution in [0.1, 0.15) is 29.5 Å². The van der Waals surface area contributed by atoms with Crippen molar-refractivity contribution in [3.05, 3.63) is 180 Å². The molecule has 0 spiro atoms. The molecule has 2 aromatic heterocycles. The summed E-state index contributed by atoms with van der Waals surface area (Å²) in [4.78, 5) is 6.15. The molecular weight excluding hydrogens is 607 g/mol. The van der Waals surface area contributed by atoms with E-state index in [0.29, 0.717) is 0 Å². The molecule has 236 valence electrons. The smallest absolute Gasteiger partial charge is 0.0718 e. The Balaban J connectivity index is 1.10. The van der Waals surface area contributed by atoms with Crippen molar-refractivity contribution in [3.8, 4) is 16.8 Å². The monoisotopic (exact) mass is 639 g/mol. The Morgan fingerprint density at radius 2 is 1.18 bits per heavy atom. The van der Waals surface area contributed by atoms with Gasteiger partial charge in [0.05, 0.1) is 16.6 Å². The van der Waals surface area contributed by atoms with Crippen LogP contribution in [-0.4, -0.2) is 15.1 Å². The Morgan fingerprint density at radius 1 is 0.520 bits per heavy atom. The first-order chi connectivity index (χ1) is 24.7. The molecule has 3 nitrogen and oxygen atoms in total. The van der Waals surface area contributed by atoms with Crippen molar-refractivity contribution in [1.82, 2.24) is 9.55 Å². The highest BCUT2D eigenvalue weighted by molar-refractivity contribution is 6.10. The molecule has 9 aromatic rings. The second kappa shape index (κ2) is 10.1. The summed E-state index contributed by atoms with van der Waals surface area (Å²) in [5.74, 6) is 0.154. The summed E-state index contributed by atoms with van der Waals surface area (Å²) in [5, 5.41) is 5.09. The number of H-pyrrole nitrogens is 1. The predicted octanol–water partition coefficient (Wildman–Crippen LogP) is 12.2. The highest BCUT2D eigenvalue weighted by atomic mass is 15.2. The number of aromatic amines is 1. The lowest BCUT2D eigenvalue weighted by molar-refractivity contribution is 0.532. The fourth-order valence-corrected chi connectivity index (χ4v) is 9.12. The first-order valence-corrected chi connectivity index (χ1v) is 17.5. The second-order valence-electron chi connectivity index (χ2n) is 14.1. The van der Waals surface area contributed by atoms with Crippen LogP contribution in [-0.2, 0) is 0 Å². The molecule has 1 aliphatic heterocycles. The van der Waals surface area contributed by atoms with E-state index in [9.17, 15) is 0 Å². The van der Waals surface area contributed by atoms with Crippen LogP contribution >= 0.6 is 0 Å².